The molecule has 0 amide bonds. The van der Waals surface area contributed by atoms with Crippen LogP contribution in [0.4, 0.5) is 0 Å². The van der Waals surface area contributed by atoms with E-state index in [-0.39, 0.29) is 0 Å². The summed E-state index contributed by atoms with van der Waals surface area (Å²) < 4.78 is 0. The van der Waals surface area contributed by atoms with Crippen molar-refractivity contribution in [1.29, 1.82) is 0 Å². The SMILES string of the molecule is C[NH+](C)C.[Cl][Rh-]([Cl])([Cl])([Cl])([Cl])[Cl]. The van der Waals surface area contributed by atoms with E-state index in [0.717, 1.165) is 0 Å². The molecule has 0 aliphatic carbocycles. The minimum atomic E-state index is -5.15. The summed E-state index contributed by atoms with van der Waals surface area (Å²) in [4.78, 5) is 1.42. The molecule has 0 rings (SSSR count). The molecule has 11 heavy (non-hydrogen) atoms. The van der Waals surface area contributed by atoms with Gasteiger partial charge in [-0.15, -0.1) is 0 Å². The zero-order valence-corrected chi connectivity index (χ0v) is 12.3. The Morgan fingerprint density at radius 1 is 0.727 bits per heavy atom. The van der Waals surface area contributed by atoms with Gasteiger partial charge in [-0.2, -0.15) is 0 Å². The number of quaternary nitrogens is 1. The average molecular weight is 376 g/mol. The standard InChI is InChI=1S/C3H9N.6ClH.Rh/c1-4(2)3;;;;;;;/h1-3H3;6*1H;/q;;;;;;;+5/p-5. The third kappa shape index (κ3) is 243. The predicted molar refractivity (Wildman–Crippen MR) is 53.9 cm³/mol. The van der Waals surface area contributed by atoms with E-state index in [1.54, 1.807) is 0 Å². The number of nitrogens with one attached hydrogen (secondary N) is 1. The van der Waals surface area contributed by atoms with Gasteiger partial charge in [0.05, 0.1) is 21.1 Å². The molecule has 0 aromatic rings. The average Bonchev–Trinajstić information content (AvgIpc) is 1.11. The number of rotatable bonds is 0. The molecular formula is C3H10Cl6NRh. The molecule has 0 fully saturated rings. The van der Waals surface area contributed by atoms with E-state index < -0.39 is 6.48 Å². The van der Waals surface area contributed by atoms with Crippen molar-refractivity contribution in [3.63, 3.8) is 0 Å². The molecule has 78 valence electrons. The molecule has 0 atom stereocenters. The van der Waals surface area contributed by atoms with E-state index in [4.69, 9.17) is 58.1 Å². The Morgan fingerprint density at radius 2 is 0.727 bits per heavy atom. The van der Waals surface area contributed by atoms with Gasteiger partial charge in [0.1, 0.15) is 0 Å². The molecule has 0 aliphatic rings. The normalized spacial score (nSPS) is 18.0. The molecule has 8 heteroatoms. The molecule has 0 heterocycles. The topological polar surface area (TPSA) is 4.44 Å². The summed E-state index contributed by atoms with van der Waals surface area (Å²) in [6, 6.07) is 0. The second kappa shape index (κ2) is 3.83. The van der Waals surface area contributed by atoms with E-state index in [2.05, 4.69) is 21.1 Å². The van der Waals surface area contributed by atoms with Crippen LogP contribution in [0.15, 0.2) is 0 Å². The second-order valence-electron chi connectivity index (χ2n) is 2.21. The van der Waals surface area contributed by atoms with Gasteiger partial charge in [-0.3, -0.25) is 0 Å². The predicted octanol–water partition coefficient (Wildman–Crippen LogP) is 2.90. The van der Waals surface area contributed by atoms with Gasteiger partial charge in [0, 0.05) is 0 Å². The maximum atomic E-state index is 5.04. The Labute approximate surface area is 89.7 Å². The van der Waals surface area contributed by atoms with Crippen molar-refractivity contribution in [2.75, 3.05) is 21.1 Å². The first-order valence-corrected chi connectivity index (χ1v) is 14.9. The quantitative estimate of drug-likeness (QED) is 0.621. The van der Waals surface area contributed by atoms with Crippen LogP contribution >= 0.6 is 58.1 Å². The van der Waals surface area contributed by atoms with Crippen molar-refractivity contribution >= 4 is 58.1 Å². The summed E-state index contributed by atoms with van der Waals surface area (Å²) in [5, 5.41) is 0. The molecule has 1 N–H and O–H groups in total. The Kier molecular flexibility index (Phi) is 5.49. The van der Waals surface area contributed by atoms with Gasteiger partial charge in [0.15, 0.2) is 0 Å². The van der Waals surface area contributed by atoms with E-state index in [1.807, 2.05) is 0 Å². The van der Waals surface area contributed by atoms with E-state index in [1.165, 1.54) is 4.90 Å². The van der Waals surface area contributed by atoms with Crippen molar-refractivity contribution in [2.45, 2.75) is 0 Å². The zero-order valence-electron chi connectivity index (χ0n) is 6.10. The van der Waals surface area contributed by atoms with Crippen LogP contribution in [0.1, 0.15) is 0 Å². The fraction of sp³-hybridized carbons (Fsp3) is 1.00. The fourth-order valence-electron chi connectivity index (χ4n) is 0. The second-order valence-corrected chi connectivity index (χ2v) is 39.5. The fourth-order valence-corrected chi connectivity index (χ4v) is 0. The summed E-state index contributed by atoms with van der Waals surface area (Å²) in [6.45, 7) is -5.15. The van der Waals surface area contributed by atoms with Crippen LogP contribution in [0.3, 0.4) is 0 Å². The van der Waals surface area contributed by atoms with Gasteiger partial charge < -0.3 is 4.90 Å². The third-order valence-electron chi connectivity index (χ3n) is 0. The Bertz CT molecular complexity index is 105. The van der Waals surface area contributed by atoms with E-state index in [9.17, 15) is 0 Å². The van der Waals surface area contributed by atoms with Crippen LogP contribution in [0.5, 0.6) is 0 Å². The van der Waals surface area contributed by atoms with Crippen LogP contribution in [-0.4, -0.2) is 21.1 Å². The van der Waals surface area contributed by atoms with Gasteiger partial charge in [-0.1, -0.05) is 0 Å². The Hall–Kier alpha value is 2.32. The first-order chi connectivity index (χ1) is 4.18. The zero-order chi connectivity index (χ0) is 9.99. The summed E-state index contributed by atoms with van der Waals surface area (Å²) >= 11 is 0. The van der Waals surface area contributed by atoms with Crippen LogP contribution in [0.25, 0.3) is 0 Å². The Balaban J connectivity index is 0. The summed E-state index contributed by atoms with van der Waals surface area (Å²) in [5.74, 6) is 0. The minimum absolute atomic E-state index is 1.42. The van der Waals surface area contributed by atoms with Gasteiger partial charge >= 0.3 is 64.6 Å². The van der Waals surface area contributed by atoms with Crippen LogP contribution in [0, 0.1) is 0 Å². The van der Waals surface area contributed by atoms with Gasteiger partial charge in [0.25, 0.3) is 0 Å². The molecule has 0 radical (unpaired) electrons. The third-order valence-corrected chi connectivity index (χ3v) is 0. The van der Waals surface area contributed by atoms with Gasteiger partial charge in [-0.05, 0) is 0 Å². The molecular weight excluding hydrogens is 366 g/mol. The van der Waals surface area contributed by atoms with Crippen molar-refractivity contribution in [2.24, 2.45) is 0 Å². The molecule has 1 nitrogen and oxygen atoms in total. The van der Waals surface area contributed by atoms with E-state index >= 15 is 0 Å². The van der Waals surface area contributed by atoms with Crippen molar-refractivity contribution in [3.05, 3.63) is 0 Å². The van der Waals surface area contributed by atoms with Crippen LogP contribution < -0.4 is 4.90 Å². The van der Waals surface area contributed by atoms with Crippen molar-refractivity contribution in [3.8, 4) is 0 Å². The molecule has 0 spiro atoms. The van der Waals surface area contributed by atoms with Crippen molar-refractivity contribution < 1.29 is 11.4 Å². The van der Waals surface area contributed by atoms with Gasteiger partial charge in [-0.25, -0.2) is 0 Å². The molecule has 0 unspecified atom stereocenters. The number of hydrogen-bond acceptors (Lipinski definition) is 0. The summed E-state index contributed by atoms with van der Waals surface area (Å²) in [7, 11) is 36.5. The summed E-state index contributed by atoms with van der Waals surface area (Å²) in [6.07, 6.45) is 0. The molecule has 0 aromatic heterocycles. The first kappa shape index (κ1) is 15.8. The summed E-state index contributed by atoms with van der Waals surface area (Å²) in [5.41, 5.74) is 0. The van der Waals surface area contributed by atoms with Crippen molar-refractivity contribution in [1.82, 2.24) is 0 Å². The Morgan fingerprint density at radius 3 is 0.727 bits per heavy atom. The molecule has 0 aliphatic heterocycles. The monoisotopic (exact) mass is 373 g/mol. The molecule has 0 aromatic carbocycles. The molecule has 0 saturated carbocycles. The number of hydrogen-bond donors (Lipinski definition) is 1. The van der Waals surface area contributed by atoms with Crippen LogP contribution in [0.2, 0.25) is 0 Å². The maximum absolute atomic E-state index is 5.15. The molecule has 0 bridgehead atoms. The van der Waals surface area contributed by atoms with Crippen LogP contribution in [-0.2, 0) is 6.48 Å². The van der Waals surface area contributed by atoms with Gasteiger partial charge in [0.2, 0.25) is 0 Å². The number of halogens is 6. The van der Waals surface area contributed by atoms with E-state index in [0.29, 0.717) is 0 Å². The molecule has 0 saturated heterocycles. The first-order valence-electron chi connectivity index (χ1n) is 2.26.